The van der Waals surface area contributed by atoms with Gasteiger partial charge in [0, 0.05) is 15.6 Å². The molecule has 0 aliphatic heterocycles. The van der Waals surface area contributed by atoms with E-state index in [1.54, 1.807) is 24.3 Å². The molecule has 0 amide bonds. The lowest BCUT2D eigenvalue weighted by atomic mass is 10.0. The van der Waals surface area contributed by atoms with Crippen LogP contribution in [0, 0.1) is 13.8 Å². The number of halogens is 3. The minimum absolute atomic E-state index is 0.0207. The predicted molar refractivity (Wildman–Crippen MR) is 90.1 cm³/mol. The van der Waals surface area contributed by atoms with E-state index < -0.39 is 6.61 Å². The SMILES string of the molecule is Cc1ccc(C(=O)/C=C/c2cc(Br)ccc2OC(F)F)cc1C. The molecule has 2 aromatic rings. The molecule has 0 aliphatic rings. The van der Waals surface area contributed by atoms with Gasteiger partial charge in [-0.3, -0.25) is 4.79 Å². The number of rotatable bonds is 5. The summed E-state index contributed by atoms with van der Waals surface area (Å²) in [6.07, 6.45) is 2.82. The van der Waals surface area contributed by atoms with Crippen molar-refractivity contribution in [2.45, 2.75) is 20.5 Å². The maximum atomic E-state index is 12.4. The van der Waals surface area contributed by atoms with Gasteiger partial charge in [0.2, 0.25) is 0 Å². The molecular formula is C18H15BrF2O2. The molecule has 0 bridgehead atoms. The van der Waals surface area contributed by atoms with Crippen molar-refractivity contribution < 1.29 is 18.3 Å². The van der Waals surface area contributed by atoms with Gasteiger partial charge >= 0.3 is 6.61 Å². The van der Waals surface area contributed by atoms with E-state index in [1.165, 1.54) is 18.2 Å². The number of hydrogen-bond acceptors (Lipinski definition) is 2. The van der Waals surface area contributed by atoms with Crippen LogP contribution in [-0.2, 0) is 0 Å². The average molecular weight is 381 g/mol. The third-order valence-corrected chi connectivity index (χ3v) is 3.89. The number of allylic oxidation sites excluding steroid dienone is 1. The highest BCUT2D eigenvalue weighted by Crippen LogP contribution is 2.26. The summed E-state index contributed by atoms with van der Waals surface area (Å²) in [6.45, 7) is 0.979. The van der Waals surface area contributed by atoms with Crippen LogP contribution < -0.4 is 4.74 Å². The third kappa shape index (κ3) is 4.73. The fourth-order valence-electron chi connectivity index (χ4n) is 2.01. The van der Waals surface area contributed by atoms with Crippen LogP contribution in [0.5, 0.6) is 5.75 Å². The number of carbonyl (C=O) groups excluding carboxylic acids is 1. The molecular weight excluding hydrogens is 366 g/mol. The van der Waals surface area contributed by atoms with E-state index in [1.807, 2.05) is 19.9 Å². The van der Waals surface area contributed by atoms with Crippen LogP contribution in [0.25, 0.3) is 6.08 Å². The normalized spacial score (nSPS) is 11.2. The molecule has 0 unspecified atom stereocenters. The van der Waals surface area contributed by atoms with E-state index in [-0.39, 0.29) is 11.5 Å². The lowest BCUT2D eigenvalue weighted by Crippen LogP contribution is -2.03. The summed E-state index contributed by atoms with van der Waals surface area (Å²) in [5, 5.41) is 0. The number of hydrogen-bond donors (Lipinski definition) is 0. The van der Waals surface area contributed by atoms with Crippen LogP contribution in [0.3, 0.4) is 0 Å². The molecule has 0 N–H and O–H groups in total. The zero-order valence-electron chi connectivity index (χ0n) is 12.6. The Balaban J connectivity index is 2.26. The number of benzene rings is 2. The van der Waals surface area contributed by atoms with E-state index in [9.17, 15) is 13.6 Å². The zero-order valence-corrected chi connectivity index (χ0v) is 14.2. The quantitative estimate of drug-likeness (QED) is 0.501. The minimum Gasteiger partial charge on any atom is -0.434 e. The molecule has 2 aromatic carbocycles. The van der Waals surface area contributed by atoms with Gasteiger partial charge in [-0.1, -0.05) is 28.1 Å². The summed E-state index contributed by atoms with van der Waals surface area (Å²) >= 11 is 3.27. The molecule has 0 aromatic heterocycles. The van der Waals surface area contributed by atoms with Crippen molar-refractivity contribution in [3.8, 4) is 5.75 Å². The van der Waals surface area contributed by atoms with Crippen molar-refractivity contribution in [3.63, 3.8) is 0 Å². The Hall–Kier alpha value is -2.01. The van der Waals surface area contributed by atoms with Gasteiger partial charge in [-0.15, -0.1) is 0 Å². The molecule has 5 heteroatoms. The minimum atomic E-state index is -2.92. The molecule has 0 heterocycles. The van der Waals surface area contributed by atoms with Gasteiger partial charge in [-0.05, 0) is 61.4 Å². The van der Waals surface area contributed by atoms with Gasteiger partial charge in [0.1, 0.15) is 5.75 Å². The highest BCUT2D eigenvalue weighted by atomic mass is 79.9. The number of aryl methyl sites for hydroxylation is 2. The lowest BCUT2D eigenvalue weighted by molar-refractivity contribution is -0.0499. The van der Waals surface area contributed by atoms with Gasteiger partial charge < -0.3 is 4.74 Å². The molecule has 120 valence electrons. The Morgan fingerprint density at radius 3 is 2.52 bits per heavy atom. The Labute approximate surface area is 141 Å². The summed E-state index contributed by atoms with van der Waals surface area (Å²) in [5.41, 5.74) is 3.08. The number of ether oxygens (including phenoxy) is 1. The number of ketones is 1. The molecule has 23 heavy (non-hydrogen) atoms. The summed E-state index contributed by atoms with van der Waals surface area (Å²) < 4.78 is 30.0. The van der Waals surface area contributed by atoms with Crippen LogP contribution in [0.2, 0.25) is 0 Å². The first-order valence-electron chi connectivity index (χ1n) is 6.91. The van der Waals surface area contributed by atoms with E-state index in [4.69, 9.17) is 0 Å². The van der Waals surface area contributed by atoms with Gasteiger partial charge in [0.15, 0.2) is 5.78 Å². The summed E-state index contributed by atoms with van der Waals surface area (Å²) in [6, 6.07) is 10.1. The first kappa shape index (κ1) is 17.3. The van der Waals surface area contributed by atoms with Gasteiger partial charge in [-0.25, -0.2) is 0 Å². The van der Waals surface area contributed by atoms with Crippen LogP contribution >= 0.6 is 15.9 Å². The van der Waals surface area contributed by atoms with Crippen molar-refractivity contribution in [3.05, 3.63) is 69.2 Å². The maximum Gasteiger partial charge on any atom is 0.387 e. The molecule has 2 rings (SSSR count). The maximum absolute atomic E-state index is 12.4. The van der Waals surface area contributed by atoms with Crippen LogP contribution in [-0.4, -0.2) is 12.4 Å². The topological polar surface area (TPSA) is 26.3 Å². The standard InChI is InChI=1S/C18H15BrF2O2/c1-11-3-4-13(9-12(11)2)16(22)7-5-14-10-15(19)6-8-17(14)23-18(20)21/h3-10,18H,1-2H3/b7-5+. The van der Waals surface area contributed by atoms with Crippen molar-refractivity contribution in [2.75, 3.05) is 0 Å². The fourth-order valence-corrected chi connectivity index (χ4v) is 2.39. The molecule has 0 saturated carbocycles. The second kappa shape index (κ2) is 7.51. The Bertz CT molecular complexity index is 755. The van der Waals surface area contributed by atoms with Crippen LogP contribution in [0.15, 0.2) is 46.9 Å². The van der Waals surface area contributed by atoms with E-state index in [2.05, 4.69) is 20.7 Å². The Morgan fingerprint density at radius 2 is 1.87 bits per heavy atom. The first-order valence-corrected chi connectivity index (χ1v) is 7.70. The zero-order chi connectivity index (χ0) is 17.0. The number of carbonyl (C=O) groups is 1. The van der Waals surface area contributed by atoms with E-state index >= 15 is 0 Å². The first-order chi connectivity index (χ1) is 10.9. The molecule has 0 spiro atoms. The van der Waals surface area contributed by atoms with Crippen molar-refractivity contribution in [2.24, 2.45) is 0 Å². The number of alkyl halides is 2. The second-order valence-corrected chi connectivity index (χ2v) is 5.97. The average Bonchev–Trinajstić information content (AvgIpc) is 2.49. The molecule has 0 aliphatic carbocycles. The monoisotopic (exact) mass is 380 g/mol. The lowest BCUT2D eigenvalue weighted by Gasteiger charge is -2.08. The van der Waals surface area contributed by atoms with Crippen molar-refractivity contribution >= 4 is 27.8 Å². The van der Waals surface area contributed by atoms with Crippen molar-refractivity contribution in [1.82, 2.24) is 0 Å². The second-order valence-electron chi connectivity index (χ2n) is 5.06. The van der Waals surface area contributed by atoms with Gasteiger partial charge in [0.05, 0.1) is 0 Å². The largest absolute Gasteiger partial charge is 0.434 e. The Kier molecular flexibility index (Phi) is 5.66. The van der Waals surface area contributed by atoms with Crippen LogP contribution in [0.1, 0.15) is 27.0 Å². The predicted octanol–water partition coefficient (Wildman–Crippen LogP) is 5.56. The molecule has 0 radical (unpaired) electrons. The van der Waals surface area contributed by atoms with Gasteiger partial charge in [0.25, 0.3) is 0 Å². The summed E-state index contributed by atoms with van der Waals surface area (Å²) in [5.74, 6) is -0.177. The summed E-state index contributed by atoms with van der Waals surface area (Å²) in [7, 11) is 0. The smallest absolute Gasteiger partial charge is 0.387 e. The molecule has 2 nitrogen and oxygen atoms in total. The molecule has 0 fully saturated rings. The van der Waals surface area contributed by atoms with Gasteiger partial charge in [-0.2, -0.15) is 8.78 Å². The van der Waals surface area contributed by atoms with Crippen LogP contribution in [0.4, 0.5) is 8.78 Å². The fraction of sp³-hybridized carbons (Fsp3) is 0.167. The summed E-state index contributed by atoms with van der Waals surface area (Å²) in [4.78, 5) is 12.2. The van der Waals surface area contributed by atoms with Crippen molar-refractivity contribution in [1.29, 1.82) is 0 Å². The highest BCUT2D eigenvalue weighted by molar-refractivity contribution is 9.10. The van der Waals surface area contributed by atoms with E-state index in [0.717, 1.165) is 11.1 Å². The van der Waals surface area contributed by atoms with E-state index in [0.29, 0.717) is 15.6 Å². The molecule has 0 saturated heterocycles. The molecule has 0 atom stereocenters. The Morgan fingerprint density at radius 1 is 1.13 bits per heavy atom. The third-order valence-electron chi connectivity index (χ3n) is 3.39. The highest BCUT2D eigenvalue weighted by Gasteiger charge is 2.09.